The molecule has 4 atom stereocenters. The number of amides is 1. The molecule has 2 bridgehead atoms. The van der Waals surface area contributed by atoms with Crippen molar-refractivity contribution in [1.29, 1.82) is 0 Å². The Hall–Kier alpha value is -3.59. The Bertz CT molecular complexity index is 1500. The van der Waals surface area contributed by atoms with E-state index in [9.17, 15) is 39.6 Å². The molecule has 1 aliphatic heterocycles. The van der Waals surface area contributed by atoms with Gasteiger partial charge in [0.1, 0.15) is 23.8 Å². The molecule has 1 unspecified atom stereocenters. The molecule has 0 radical (unpaired) electrons. The number of halogens is 6. The summed E-state index contributed by atoms with van der Waals surface area (Å²) in [7, 11) is -4.37. The topological polar surface area (TPSA) is 105 Å². The van der Waals surface area contributed by atoms with E-state index in [4.69, 9.17) is 0 Å². The molecule has 1 aromatic carbocycles. The summed E-state index contributed by atoms with van der Waals surface area (Å²) in [6, 6.07) is 2.76. The lowest BCUT2D eigenvalue weighted by atomic mass is 9.98. The van der Waals surface area contributed by atoms with Crippen LogP contribution in [-0.4, -0.2) is 51.8 Å². The summed E-state index contributed by atoms with van der Waals surface area (Å²) in [5, 5.41) is 2.48. The second-order valence-corrected chi connectivity index (χ2v) is 11.1. The third-order valence-electron chi connectivity index (χ3n) is 6.78. The highest BCUT2D eigenvalue weighted by atomic mass is 32.2. The first kappa shape index (κ1) is 27.0. The summed E-state index contributed by atoms with van der Waals surface area (Å²) in [5.74, 6) is -4.27. The second kappa shape index (κ2) is 9.86. The van der Waals surface area contributed by atoms with Crippen molar-refractivity contribution in [2.45, 2.75) is 48.7 Å². The first-order valence-electron chi connectivity index (χ1n) is 11.6. The van der Waals surface area contributed by atoms with Crippen molar-refractivity contribution < 1.29 is 39.6 Å². The van der Waals surface area contributed by atoms with Crippen LogP contribution < -0.4 is 5.32 Å². The molecule has 1 N–H and O–H groups in total. The van der Waals surface area contributed by atoms with Gasteiger partial charge in [-0.1, -0.05) is 0 Å². The molecule has 1 saturated heterocycles. The van der Waals surface area contributed by atoms with Crippen LogP contribution in [0, 0.1) is 17.6 Å². The number of sulfonamides is 1. The number of hydrogen-bond donors (Lipinski definition) is 1. The Kier molecular flexibility index (Phi) is 6.83. The number of carbonyl (C=O) groups excluding carboxylic acids is 1. The van der Waals surface area contributed by atoms with Gasteiger partial charge in [0.05, 0.1) is 22.8 Å². The number of piperidine rings is 1. The molecule has 0 spiro atoms. The number of fused-ring (bicyclic) bond motifs is 2. The second-order valence-electron chi connectivity index (χ2n) is 9.22. The van der Waals surface area contributed by atoms with Crippen LogP contribution in [-0.2, 0) is 27.5 Å². The van der Waals surface area contributed by atoms with E-state index in [-0.39, 0.29) is 34.6 Å². The van der Waals surface area contributed by atoms with Crippen LogP contribution in [0.3, 0.4) is 0 Å². The third-order valence-corrected chi connectivity index (χ3v) is 8.70. The van der Waals surface area contributed by atoms with Gasteiger partial charge in [-0.3, -0.25) is 9.78 Å². The fourth-order valence-electron chi connectivity index (χ4n) is 4.99. The van der Waals surface area contributed by atoms with Crippen LogP contribution in [0.25, 0.3) is 11.3 Å². The van der Waals surface area contributed by atoms with Crippen LogP contribution in [0.15, 0.2) is 53.8 Å². The van der Waals surface area contributed by atoms with Gasteiger partial charge >= 0.3 is 6.18 Å². The lowest BCUT2D eigenvalue weighted by molar-refractivity contribution is -0.145. The number of benzene rings is 1. The van der Waals surface area contributed by atoms with Crippen molar-refractivity contribution in [1.82, 2.24) is 24.6 Å². The molecule has 3 heterocycles. The summed E-state index contributed by atoms with van der Waals surface area (Å²) < 4.78 is 108. The van der Waals surface area contributed by atoms with Crippen molar-refractivity contribution in [3.63, 3.8) is 0 Å². The zero-order valence-corrected chi connectivity index (χ0v) is 20.6. The maximum absolute atomic E-state index is 14.6. The molecular weight excluding hydrogens is 552 g/mol. The van der Waals surface area contributed by atoms with Crippen LogP contribution in [0.1, 0.15) is 24.2 Å². The molecule has 8 nitrogen and oxygen atoms in total. The number of carbonyl (C=O) groups is 1. The molecular formula is C24H19F6N5O3S. The van der Waals surface area contributed by atoms with Crippen LogP contribution >= 0.6 is 0 Å². The molecule has 15 heteroatoms. The first-order valence-corrected chi connectivity index (χ1v) is 13.0. The standard InChI is InChI=1S/C24H19F6N5O3S/c25-15-1-3-16(4-2-15)39(37,38)35-20-7-12(5-17(20)26)21(35)22(36)32-8-13-6-19(31-11-18(13)27)14-9-33-23(34-10-14)24(28,29)30/h1-4,6,9-12,17,20-21H,5,7-8H2,(H,32,36)/t12-,17+,20?,21-/m0/s1. The fourth-order valence-corrected chi connectivity index (χ4v) is 6.85. The Morgan fingerprint density at radius 1 is 1.03 bits per heavy atom. The van der Waals surface area contributed by atoms with Gasteiger partial charge in [0, 0.05) is 30.1 Å². The first-order chi connectivity index (χ1) is 18.4. The molecule has 206 valence electrons. The predicted octanol–water partition coefficient (Wildman–Crippen LogP) is 3.64. The van der Waals surface area contributed by atoms with Crippen LogP contribution in [0.2, 0.25) is 0 Å². The van der Waals surface area contributed by atoms with Crippen molar-refractivity contribution in [3.05, 3.63) is 71.9 Å². The molecule has 2 aliphatic rings. The van der Waals surface area contributed by atoms with E-state index in [1.165, 1.54) is 6.07 Å². The molecule has 1 amide bonds. The van der Waals surface area contributed by atoms with E-state index in [2.05, 4.69) is 20.3 Å². The summed E-state index contributed by atoms with van der Waals surface area (Å²) in [6.45, 7) is -0.418. The van der Waals surface area contributed by atoms with E-state index >= 15 is 0 Å². The van der Waals surface area contributed by atoms with E-state index in [0.29, 0.717) is 0 Å². The minimum absolute atomic E-state index is 0.0279. The monoisotopic (exact) mass is 571 g/mol. The van der Waals surface area contributed by atoms with Gasteiger partial charge in [-0.15, -0.1) is 0 Å². The van der Waals surface area contributed by atoms with Crippen LogP contribution in [0.5, 0.6) is 0 Å². The minimum atomic E-state index is -4.75. The summed E-state index contributed by atoms with van der Waals surface area (Å²) in [4.78, 5) is 23.2. The molecule has 2 aromatic heterocycles. The van der Waals surface area contributed by atoms with E-state index < -0.39 is 70.3 Å². The molecule has 1 saturated carbocycles. The minimum Gasteiger partial charge on any atom is -0.351 e. The summed E-state index contributed by atoms with van der Waals surface area (Å²) in [5.41, 5.74) is 0.0111. The summed E-state index contributed by atoms with van der Waals surface area (Å²) in [6.07, 6.45) is -3.59. The highest BCUT2D eigenvalue weighted by molar-refractivity contribution is 7.89. The Balaban J connectivity index is 1.36. The SMILES string of the molecule is O=C(NCc1cc(-c2cnc(C(F)(F)F)nc2)ncc1F)[C@@H]1[C@@H]2CC([C@H](F)C2)N1S(=O)(=O)c1ccc(F)cc1. The van der Waals surface area contributed by atoms with Crippen molar-refractivity contribution in [2.75, 3.05) is 0 Å². The van der Waals surface area contributed by atoms with Gasteiger partial charge in [0.25, 0.3) is 0 Å². The zero-order valence-electron chi connectivity index (χ0n) is 19.7. The van der Waals surface area contributed by atoms with E-state index in [0.717, 1.165) is 47.2 Å². The van der Waals surface area contributed by atoms with Gasteiger partial charge in [0.2, 0.25) is 21.8 Å². The molecule has 39 heavy (non-hydrogen) atoms. The summed E-state index contributed by atoms with van der Waals surface area (Å²) >= 11 is 0. The average molecular weight is 572 g/mol. The van der Waals surface area contributed by atoms with E-state index in [1.807, 2.05) is 0 Å². The average Bonchev–Trinajstić information content (AvgIpc) is 3.45. The third kappa shape index (κ3) is 5.07. The number of alkyl halides is 4. The van der Waals surface area contributed by atoms with Gasteiger partial charge < -0.3 is 5.32 Å². The Morgan fingerprint density at radius 3 is 2.33 bits per heavy atom. The normalized spacial score (nSPS) is 23.2. The quantitative estimate of drug-likeness (QED) is 0.453. The van der Waals surface area contributed by atoms with Crippen molar-refractivity contribution in [3.8, 4) is 11.3 Å². The smallest absolute Gasteiger partial charge is 0.351 e. The van der Waals surface area contributed by atoms with E-state index in [1.54, 1.807) is 0 Å². The molecule has 3 aromatic rings. The number of pyridine rings is 1. The molecule has 1 aliphatic carbocycles. The fraction of sp³-hybridized carbons (Fsp3) is 0.333. The number of aromatic nitrogens is 3. The molecule has 5 rings (SSSR count). The van der Waals surface area contributed by atoms with Gasteiger partial charge in [-0.2, -0.15) is 17.5 Å². The largest absolute Gasteiger partial charge is 0.451 e. The Labute approximate surface area is 218 Å². The van der Waals surface area contributed by atoms with Crippen molar-refractivity contribution in [2.24, 2.45) is 5.92 Å². The maximum Gasteiger partial charge on any atom is 0.451 e. The van der Waals surface area contributed by atoms with Crippen molar-refractivity contribution >= 4 is 15.9 Å². The van der Waals surface area contributed by atoms with Crippen LogP contribution in [0.4, 0.5) is 26.3 Å². The lowest BCUT2D eigenvalue weighted by Gasteiger charge is -2.35. The number of rotatable bonds is 6. The Morgan fingerprint density at radius 2 is 1.69 bits per heavy atom. The number of hydrogen-bond acceptors (Lipinski definition) is 6. The highest BCUT2D eigenvalue weighted by Crippen LogP contribution is 2.46. The van der Waals surface area contributed by atoms with Gasteiger partial charge in [0.15, 0.2) is 0 Å². The predicted molar refractivity (Wildman–Crippen MR) is 123 cm³/mol. The highest BCUT2D eigenvalue weighted by Gasteiger charge is 2.58. The number of nitrogens with zero attached hydrogens (tertiary/aromatic N) is 4. The number of nitrogens with one attached hydrogen (secondary N) is 1. The maximum atomic E-state index is 14.6. The van der Waals surface area contributed by atoms with Gasteiger partial charge in [-0.25, -0.2) is 31.6 Å². The van der Waals surface area contributed by atoms with Gasteiger partial charge in [-0.05, 0) is 49.1 Å². The zero-order chi connectivity index (χ0) is 28.1. The lowest BCUT2D eigenvalue weighted by Crippen LogP contribution is -2.55. The molecule has 2 fully saturated rings.